The molecule has 2 aliphatic rings. The summed E-state index contributed by atoms with van der Waals surface area (Å²) >= 11 is 5.50. The molecule has 3 atom stereocenters. The zero-order valence-electron chi connectivity index (χ0n) is 11.8. The van der Waals surface area contributed by atoms with Crippen LogP contribution >= 0.6 is 11.6 Å². The van der Waals surface area contributed by atoms with Crippen molar-refractivity contribution in [1.82, 2.24) is 15.1 Å². The van der Waals surface area contributed by atoms with E-state index >= 15 is 0 Å². The molecule has 2 heterocycles. The molecule has 1 saturated carbocycles. The third-order valence-corrected chi connectivity index (χ3v) is 4.62. The standard InChI is InChI=1S/C13H14ClF3N4O2/c14-10-3-9(13(15,16)17)11(20-19-10)18-8-1-6-4-21(12(22)23)5-7(6)2-8/h3,6-8H,1-2,4-5H2,(H,18,20)(H,22,23)/t6-,7+,8+. The first-order valence-electron chi connectivity index (χ1n) is 7.09. The van der Waals surface area contributed by atoms with Crippen molar-refractivity contribution in [2.24, 2.45) is 11.8 Å². The Balaban J connectivity index is 1.70. The Bertz CT molecular complexity index is 614. The van der Waals surface area contributed by atoms with Crippen LogP contribution in [0, 0.1) is 11.8 Å². The van der Waals surface area contributed by atoms with Gasteiger partial charge in [0.1, 0.15) is 5.56 Å². The number of nitrogens with zero attached hydrogens (tertiary/aromatic N) is 3. The number of amides is 1. The van der Waals surface area contributed by atoms with E-state index < -0.39 is 17.8 Å². The van der Waals surface area contributed by atoms with Crippen LogP contribution in [0.3, 0.4) is 0 Å². The molecular weight excluding hydrogens is 337 g/mol. The van der Waals surface area contributed by atoms with Crippen LogP contribution < -0.4 is 5.32 Å². The number of halogens is 4. The van der Waals surface area contributed by atoms with E-state index in [2.05, 4.69) is 15.5 Å². The lowest BCUT2D eigenvalue weighted by molar-refractivity contribution is -0.137. The maximum atomic E-state index is 13.0. The van der Waals surface area contributed by atoms with E-state index in [1.807, 2.05) is 0 Å². The van der Waals surface area contributed by atoms with Crippen molar-refractivity contribution in [3.8, 4) is 0 Å². The number of likely N-dealkylation sites (tertiary alicyclic amines) is 1. The van der Waals surface area contributed by atoms with Gasteiger partial charge >= 0.3 is 12.3 Å². The summed E-state index contributed by atoms with van der Waals surface area (Å²) in [7, 11) is 0. The molecule has 1 aromatic heterocycles. The molecule has 1 aliphatic carbocycles. The molecule has 1 saturated heterocycles. The van der Waals surface area contributed by atoms with Crippen LogP contribution in [0.25, 0.3) is 0 Å². The Morgan fingerprint density at radius 1 is 1.30 bits per heavy atom. The summed E-state index contributed by atoms with van der Waals surface area (Å²) in [5, 5.41) is 18.5. The average Bonchev–Trinajstić information content (AvgIpc) is 2.97. The van der Waals surface area contributed by atoms with Crippen LogP contribution in [0.5, 0.6) is 0 Å². The van der Waals surface area contributed by atoms with Gasteiger partial charge in [-0.2, -0.15) is 13.2 Å². The van der Waals surface area contributed by atoms with E-state index in [1.54, 1.807) is 0 Å². The Morgan fingerprint density at radius 2 is 1.91 bits per heavy atom. The van der Waals surface area contributed by atoms with E-state index in [9.17, 15) is 18.0 Å². The highest BCUT2D eigenvalue weighted by Gasteiger charge is 2.43. The lowest BCUT2D eigenvalue weighted by atomic mass is 10.0. The largest absolute Gasteiger partial charge is 0.465 e. The predicted molar refractivity (Wildman–Crippen MR) is 75.3 cm³/mol. The second-order valence-electron chi connectivity index (χ2n) is 5.95. The third-order valence-electron chi connectivity index (χ3n) is 4.43. The van der Waals surface area contributed by atoms with Gasteiger partial charge in [-0.1, -0.05) is 11.6 Å². The lowest BCUT2D eigenvalue weighted by Crippen LogP contribution is -2.30. The van der Waals surface area contributed by atoms with Gasteiger partial charge in [-0.25, -0.2) is 4.79 Å². The van der Waals surface area contributed by atoms with Gasteiger partial charge in [-0.15, -0.1) is 10.2 Å². The SMILES string of the molecule is O=C(O)N1C[C@H]2C[C@H](Nc3nnc(Cl)cc3C(F)(F)F)C[C@H]2C1. The minimum absolute atomic E-state index is 0.165. The highest BCUT2D eigenvalue weighted by Crippen LogP contribution is 2.41. The van der Waals surface area contributed by atoms with Gasteiger partial charge in [0, 0.05) is 19.1 Å². The van der Waals surface area contributed by atoms with E-state index in [4.69, 9.17) is 16.7 Å². The van der Waals surface area contributed by atoms with Crippen LogP contribution in [0.4, 0.5) is 23.8 Å². The van der Waals surface area contributed by atoms with E-state index in [-0.39, 0.29) is 28.8 Å². The van der Waals surface area contributed by atoms with Gasteiger partial charge in [0.15, 0.2) is 11.0 Å². The number of carboxylic acid groups (broad SMARTS) is 1. The lowest BCUT2D eigenvalue weighted by Gasteiger charge is -2.19. The summed E-state index contributed by atoms with van der Waals surface area (Å²) in [6.07, 6.45) is -4.31. The number of alkyl halides is 3. The number of nitrogens with one attached hydrogen (secondary N) is 1. The molecule has 2 fully saturated rings. The van der Waals surface area contributed by atoms with Crippen LogP contribution in [-0.2, 0) is 6.18 Å². The minimum Gasteiger partial charge on any atom is -0.465 e. The summed E-state index contributed by atoms with van der Waals surface area (Å²) in [5.41, 5.74) is -0.943. The molecular formula is C13H14ClF3N4O2. The van der Waals surface area contributed by atoms with Gasteiger partial charge in [0.2, 0.25) is 0 Å². The van der Waals surface area contributed by atoms with Crippen molar-refractivity contribution in [3.05, 3.63) is 16.8 Å². The number of rotatable bonds is 2. The zero-order valence-corrected chi connectivity index (χ0v) is 12.6. The first-order valence-corrected chi connectivity index (χ1v) is 7.46. The molecule has 6 nitrogen and oxygen atoms in total. The van der Waals surface area contributed by atoms with Crippen molar-refractivity contribution >= 4 is 23.5 Å². The molecule has 126 valence electrons. The quantitative estimate of drug-likeness (QED) is 0.857. The molecule has 1 aromatic rings. The van der Waals surface area contributed by atoms with E-state index in [1.165, 1.54) is 4.90 Å². The van der Waals surface area contributed by atoms with Gasteiger partial charge in [0.25, 0.3) is 0 Å². The maximum Gasteiger partial charge on any atom is 0.420 e. The first kappa shape index (κ1) is 16.1. The number of aromatic nitrogens is 2. The summed E-state index contributed by atoms with van der Waals surface area (Å²) in [5.74, 6) is -0.00152. The molecule has 3 rings (SSSR count). The van der Waals surface area contributed by atoms with Crippen LogP contribution in [0.2, 0.25) is 5.15 Å². The van der Waals surface area contributed by atoms with Gasteiger partial charge in [0.05, 0.1) is 0 Å². The molecule has 0 aromatic carbocycles. The fourth-order valence-electron chi connectivity index (χ4n) is 3.46. The average molecular weight is 351 g/mol. The van der Waals surface area contributed by atoms with E-state index in [0.29, 0.717) is 25.9 Å². The minimum atomic E-state index is -4.57. The molecule has 23 heavy (non-hydrogen) atoms. The fraction of sp³-hybridized carbons (Fsp3) is 0.615. The smallest absolute Gasteiger partial charge is 0.420 e. The van der Waals surface area contributed by atoms with Crippen LogP contribution in [0.1, 0.15) is 18.4 Å². The summed E-state index contributed by atoms with van der Waals surface area (Å²) in [6, 6.07) is 0.566. The summed E-state index contributed by atoms with van der Waals surface area (Å²) < 4.78 is 39.1. The molecule has 2 N–H and O–H groups in total. The zero-order chi connectivity index (χ0) is 16.8. The van der Waals surface area contributed by atoms with Crippen molar-refractivity contribution < 1.29 is 23.1 Å². The third kappa shape index (κ3) is 3.29. The van der Waals surface area contributed by atoms with Crippen molar-refractivity contribution in [3.63, 3.8) is 0 Å². The second-order valence-corrected chi connectivity index (χ2v) is 6.33. The summed E-state index contributed by atoms with van der Waals surface area (Å²) in [6.45, 7) is 0.854. The number of carbonyl (C=O) groups is 1. The predicted octanol–water partition coefficient (Wildman–Crippen LogP) is 2.95. The molecule has 1 amide bonds. The Morgan fingerprint density at radius 3 is 2.43 bits per heavy atom. The molecule has 1 aliphatic heterocycles. The van der Waals surface area contributed by atoms with Crippen LogP contribution in [-0.4, -0.2) is 45.4 Å². The Hall–Kier alpha value is -1.77. The van der Waals surface area contributed by atoms with Crippen LogP contribution in [0.15, 0.2) is 6.07 Å². The highest BCUT2D eigenvalue weighted by atomic mass is 35.5. The van der Waals surface area contributed by atoms with Crippen molar-refractivity contribution in [2.75, 3.05) is 18.4 Å². The van der Waals surface area contributed by atoms with Gasteiger partial charge in [-0.05, 0) is 30.7 Å². The second kappa shape index (κ2) is 5.70. The first-order chi connectivity index (χ1) is 10.7. The number of anilines is 1. The monoisotopic (exact) mass is 350 g/mol. The van der Waals surface area contributed by atoms with E-state index in [0.717, 1.165) is 6.07 Å². The Labute approximate surface area is 134 Å². The topological polar surface area (TPSA) is 78.4 Å². The van der Waals surface area contributed by atoms with Gasteiger partial charge in [-0.3, -0.25) is 0 Å². The molecule has 10 heteroatoms. The Kier molecular flexibility index (Phi) is 3.99. The fourth-order valence-corrected chi connectivity index (χ4v) is 3.60. The highest BCUT2D eigenvalue weighted by molar-refractivity contribution is 6.29. The van der Waals surface area contributed by atoms with Crippen molar-refractivity contribution in [1.29, 1.82) is 0 Å². The van der Waals surface area contributed by atoms with Crippen molar-refractivity contribution in [2.45, 2.75) is 25.1 Å². The maximum absolute atomic E-state index is 13.0. The number of hydrogen-bond acceptors (Lipinski definition) is 4. The molecule has 0 radical (unpaired) electrons. The van der Waals surface area contributed by atoms with Gasteiger partial charge < -0.3 is 15.3 Å². The molecule has 0 bridgehead atoms. The number of fused-ring (bicyclic) bond motifs is 1. The summed E-state index contributed by atoms with van der Waals surface area (Å²) in [4.78, 5) is 12.3. The molecule has 0 unspecified atom stereocenters. The molecule has 0 spiro atoms. The normalized spacial score (nSPS) is 27.1. The number of hydrogen-bond donors (Lipinski definition) is 2.